The Morgan fingerprint density at radius 1 is 1.47 bits per heavy atom. The Labute approximate surface area is 91.8 Å². The Balaban J connectivity index is 0.00000112. The van der Waals surface area contributed by atoms with Crippen LogP contribution in [0.5, 0.6) is 0 Å². The van der Waals surface area contributed by atoms with Crippen molar-refractivity contribution in [1.29, 1.82) is 0 Å². The van der Waals surface area contributed by atoms with E-state index in [2.05, 4.69) is 20.0 Å². The van der Waals surface area contributed by atoms with Crippen LogP contribution in [-0.2, 0) is 0 Å². The highest BCUT2D eigenvalue weighted by Crippen LogP contribution is 2.23. The van der Waals surface area contributed by atoms with Crippen LogP contribution in [0.1, 0.15) is 36.9 Å². The van der Waals surface area contributed by atoms with E-state index in [1.165, 1.54) is 0 Å². The first-order valence-electron chi connectivity index (χ1n) is 4.59. The van der Waals surface area contributed by atoms with Gasteiger partial charge >= 0.3 is 6.43 Å². The van der Waals surface area contributed by atoms with Crippen molar-refractivity contribution < 1.29 is 13.3 Å². The lowest BCUT2D eigenvalue weighted by Gasteiger charge is -2.19. The molecule has 15 heavy (non-hydrogen) atoms. The van der Waals surface area contributed by atoms with Gasteiger partial charge < -0.3 is 9.84 Å². The van der Waals surface area contributed by atoms with Crippen molar-refractivity contribution in [3.63, 3.8) is 0 Å². The predicted molar refractivity (Wildman–Crippen MR) is 51.3 cm³/mol. The standard InChI is InChI=1S/C8H11F2N3O.ClH/c9-6(10)8-12-7(13-14-8)5-2-1-3-11-4-5;/h5-6,11H,1-4H2;1H. The van der Waals surface area contributed by atoms with E-state index in [4.69, 9.17) is 0 Å². The Morgan fingerprint density at radius 2 is 2.27 bits per heavy atom. The lowest BCUT2D eigenvalue weighted by atomic mass is 9.99. The van der Waals surface area contributed by atoms with Crippen LogP contribution in [0.2, 0.25) is 0 Å². The van der Waals surface area contributed by atoms with E-state index in [1.807, 2.05) is 0 Å². The van der Waals surface area contributed by atoms with Gasteiger partial charge in [0, 0.05) is 12.5 Å². The van der Waals surface area contributed by atoms with Crippen molar-refractivity contribution in [2.75, 3.05) is 13.1 Å². The van der Waals surface area contributed by atoms with E-state index in [1.54, 1.807) is 0 Å². The molecule has 1 saturated heterocycles. The van der Waals surface area contributed by atoms with Crippen molar-refractivity contribution in [1.82, 2.24) is 15.5 Å². The molecule has 0 aromatic carbocycles. The molecule has 0 amide bonds. The Hall–Kier alpha value is -0.750. The molecule has 1 fully saturated rings. The van der Waals surface area contributed by atoms with E-state index < -0.39 is 12.3 Å². The summed E-state index contributed by atoms with van der Waals surface area (Å²) < 4.78 is 28.7. The number of alkyl halides is 2. The lowest BCUT2D eigenvalue weighted by Crippen LogP contribution is -2.28. The van der Waals surface area contributed by atoms with Crippen LogP contribution in [0.15, 0.2) is 4.52 Å². The second kappa shape index (κ2) is 5.37. The molecule has 7 heteroatoms. The molecule has 2 heterocycles. The molecule has 1 atom stereocenters. The van der Waals surface area contributed by atoms with Gasteiger partial charge in [0.2, 0.25) is 0 Å². The fourth-order valence-electron chi connectivity index (χ4n) is 1.57. The third-order valence-electron chi connectivity index (χ3n) is 2.31. The first kappa shape index (κ1) is 12.3. The molecule has 86 valence electrons. The molecule has 0 bridgehead atoms. The van der Waals surface area contributed by atoms with Crippen LogP contribution >= 0.6 is 12.4 Å². The fraction of sp³-hybridized carbons (Fsp3) is 0.750. The molecule has 0 aliphatic carbocycles. The number of aromatic nitrogens is 2. The molecule has 1 aliphatic rings. The largest absolute Gasteiger partial charge is 0.333 e. The third-order valence-corrected chi connectivity index (χ3v) is 2.31. The van der Waals surface area contributed by atoms with Gasteiger partial charge in [-0.3, -0.25) is 0 Å². The molecule has 1 aromatic rings. The predicted octanol–water partition coefficient (Wildman–Crippen LogP) is 1.90. The average molecular weight is 240 g/mol. The summed E-state index contributed by atoms with van der Waals surface area (Å²) in [5.74, 6) is -0.0712. The van der Waals surface area contributed by atoms with Crippen LogP contribution in [0.4, 0.5) is 8.78 Å². The third kappa shape index (κ3) is 2.85. The van der Waals surface area contributed by atoms with Gasteiger partial charge in [-0.2, -0.15) is 13.8 Å². The van der Waals surface area contributed by atoms with E-state index in [0.29, 0.717) is 5.82 Å². The van der Waals surface area contributed by atoms with Crippen molar-refractivity contribution in [2.24, 2.45) is 0 Å². The number of hydrogen-bond acceptors (Lipinski definition) is 4. The van der Waals surface area contributed by atoms with Gasteiger partial charge in [0.05, 0.1) is 0 Å². The minimum atomic E-state index is -2.67. The van der Waals surface area contributed by atoms with Crippen LogP contribution in [-0.4, -0.2) is 23.2 Å². The normalized spacial score (nSPS) is 21.4. The summed E-state index contributed by atoms with van der Waals surface area (Å²) in [6, 6.07) is 0. The van der Waals surface area contributed by atoms with Crippen molar-refractivity contribution in [3.05, 3.63) is 11.7 Å². The maximum atomic E-state index is 12.1. The maximum absolute atomic E-state index is 12.1. The summed E-state index contributed by atoms with van der Waals surface area (Å²) in [6.07, 6.45) is -0.730. The Kier molecular flexibility index (Phi) is 4.41. The summed E-state index contributed by atoms with van der Waals surface area (Å²) in [4.78, 5) is 3.67. The summed E-state index contributed by atoms with van der Waals surface area (Å²) in [7, 11) is 0. The zero-order valence-corrected chi connectivity index (χ0v) is 8.77. The molecular weight excluding hydrogens is 228 g/mol. The maximum Gasteiger partial charge on any atom is 0.315 e. The number of nitrogens with one attached hydrogen (secondary N) is 1. The zero-order chi connectivity index (χ0) is 9.97. The van der Waals surface area contributed by atoms with Crippen LogP contribution < -0.4 is 5.32 Å². The first-order valence-corrected chi connectivity index (χ1v) is 4.59. The molecule has 0 saturated carbocycles. The van der Waals surface area contributed by atoms with Gasteiger partial charge in [0.1, 0.15) is 0 Å². The van der Waals surface area contributed by atoms with Gasteiger partial charge in [-0.25, -0.2) is 0 Å². The zero-order valence-electron chi connectivity index (χ0n) is 7.95. The molecular formula is C8H12ClF2N3O. The number of piperidine rings is 1. The number of nitrogens with zero attached hydrogens (tertiary/aromatic N) is 2. The topological polar surface area (TPSA) is 51.0 Å². The van der Waals surface area contributed by atoms with E-state index in [9.17, 15) is 8.78 Å². The summed E-state index contributed by atoms with van der Waals surface area (Å²) in [5.41, 5.74) is 0. The molecule has 1 aromatic heterocycles. The van der Waals surface area contributed by atoms with Crippen LogP contribution in [0.3, 0.4) is 0 Å². The highest BCUT2D eigenvalue weighted by molar-refractivity contribution is 5.85. The summed E-state index contributed by atoms with van der Waals surface area (Å²) in [5, 5.41) is 6.72. The SMILES string of the molecule is Cl.FC(F)c1nc(C2CCCNC2)no1. The molecule has 1 aliphatic heterocycles. The number of hydrogen-bond donors (Lipinski definition) is 1. The highest BCUT2D eigenvalue weighted by atomic mass is 35.5. The summed E-state index contributed by atoms with van der Waals surface area (Å²) in [6.45, 7) is 1.71. The van der Waals surface area contributed by atoms with Crippen LogP contribution in [0, 0.1) is 0 Å². The second-order valence-electron chi connectivity index (χ2n) is 3.33. The summed E-state index contributed by atoms with van der Waals surface area (Å²) >= 11 is 0. The fourth-order valence-corrected chi connectivity index (χ4v) is 1.57. The van der Waals surface area contributed by atoms with Gasteiger partial charge in [0.25, 0.3) is 5.89 Å². The molecule has 4 nitrogen and oxygen atoms in total. The molecule has 1 N–H and O–H groups in total. The number of halogens is 3. The van der Waals surface area contributed by atoms with E-state index >= 15 is 0 Å². The molecule has 0 radical (unpaired) electrons. The quantitative estimate of drug-likeness (QED) is 0.856. The van der Waals surface area contributed by atoms with Crippen molar-refractivity contribution in [3.8, 4) is 0 Å². The highest BCUT2D eigenvalue weighted by Gasteiger charge is 2.23. The van der Waals surface area contributed by atoms with Crippen molar-refractivity contribution >= 4 is 12.4 Å². The minimum Gasteiger partial charge on any atom is -0.333 e. The Morgan fingerprint density at radius 3 is 2.80 bits per heavy atom. The van der Waals surface area contributed by atoms with Gasteiger partial charge in [0.15, 0.2) is 5.82 Å². The van der Waals surface area contributed by atoms with Crippen LogP contribution in [0.25, 0.3) is 0 Å². The van der Waals surface area contributed by atoms with E-state index in [-0.39, 0.29) is 18.3 Å². The first-order chi connectivity index (χ1) is 6.77. The molecule has 0 spiro atoms. The monoisotopic (exact) mass is 239 g/mol. The second-order valence-corrected chi connectivity index (χ2v) is 3.33. The van der Waals surface area contributed by atoms with E-state index in [0.717, 1.165) is 25.9 Å². The smallest absolute Gasteiger partial charge is 0.315 e. The number of rotatable bonds is 2. The van der Waals surface area contributed by atoms with Gasteiger partial charge in [-0.05, 0) is 19.4 Å². The molecule has 1 unspecified atom stereocenters. The average Bonchev–Trinajstić information content (AvgIpc) is 2.68. The van der Waals surface area contributed by atoms with Crippen molar-refractivity contribution in [2.45, 2.75) is 25.2 Å². The minimum absolute atomic E-state index is 0. The lowest BCUT2D eigenvalue weighted by molar-refractivity contribution is 0.106. The Bertz CT molecular complexity index is 302. The van der Waals surface area contributed by atoms with Gasteiger partial charge in [-0.1, -0.05) is 5.16 Å². The van der Waals surface area contributed by atoms with Gasteiger partial charge in [-0.15, -0.1) is 12.4 Å². The molecule has 2 rings (SSSR count).